The molecule has 0 aliphatic rings. The lowest BCUT2D eigenvalue weighted by Crippen LogP contribution is -2.17. The molecular weight excluding hydrogens is 320 g/mol. The highest BCUT2D eigenvalue weighted by molar-refractivity contribution is 6.53. The van der Waals surface area contributed by atoms with E-state index in [2.05, 4.69) is 10.1 Å². The molecule has 0 aromatic heterocycles. The van der Waals surface area contributed by atoms with E-state index in [1.807, 2.05) is 72.8 Å². The summed E-state index contributed by atoms with van der Waals surface area (Å²) in [5.41, 5.74) is 3.39. The van der Waals surface area contributed by atoms with Crippen LogP contribution in [0.15, 0.2) is 95.1 Å². The fourth-order valence-electron chi connectivity index (χ4n) is 2.33. The molecule has 0 bridgehead atoms. The largest absolute Gasteiger partial charge is 0.410 e. The minimum atomic E-state index is 0.414. The first kappa shape index (κ1) is 16.0. The number of benzene rings is 3. The number of hydrogen-bond donors (Lipinski definition) is 1. The van der Waals surface area contributed by atoms with Gasteiger partial charge in [0, 0.05) is 16.1 Å². The van der Waals surface area contributed by atoms with Crippen LogP contribution < -0.4 is 0 Å². The summed E-state index contributed by atoms with van der Waals surface area (Å²) in [5, 5.41) is 13.8. The molecule has 0 atom stereocenters. The van der Waals surface area contributed by atoms with Crippen molar-refractivity contribution in [3.8, 4) is 0 Å². The van der Waals surface area contributed by atoms with Gasteiger partial charge in [0.2, 0.25) is 0 Å². The summed E-state index contributed by atoms with van der Waals surface area (Å²) in [6.45, 7) is 0. The molecule has 3 aromatic rings. The molecule has 1 N–H and O–H groups in total. The summed E-state index contributed by atoms with van der Waals surface area (Å²) in [6, 6.07) is 26.3. The molecule has 24 heavy (non-hydrogen) atoms. The molecule has 0 heterocycles. The van der Waals surface area contributed by atoms with Gasteiger partial charge in [-0.05, 0) is 24.3 Å². The molecule has 4 heteroatoms. The van der Waals surface area contributed by atoms with E-state index in [-0.39, 0.29) is 0 Å². The van der Waals surface area contributed by atoms with Gasteiger partial charge in [-0.25, -0.2) is 4.99 Å². The maximum atomic E-state index is 9.62. The Labute approximate surface area is 145 Å². The number of hydrogen-bond acceptors (Lipinski definition) is 3. The van der Waals surface area contributed by atoms with Gasteiger partial charge in [-0.15, -0.1) is 0 Å². The Balaban J connectivity index is 2.14. The molecule has 0 radical (unpaired) electrons. The zero-order chi connectivity index (χ0) is 16.8. The number of aliphatic imine (C=N–C) groups is 1. The van der Waals surface area contributed by atoms with E-state index in [1.165, 1.54) is 0 Å². The maximum Gasteiger partial charge on any atom is 0.136 e. The van der Waals surface area contributed by atoms with Gasteiger partial charge in [-0.3, -0.25) is 0 Å². The molecule has 0 aliphatic heterocycles. The zero-order valence-electron chi connectivity index (χ0n) is 12.8. The summed E-state index contributed by atoms with van der Waals surface area (Å²) >= 11 is 5.94. The second-order valence-electron chi connectivity index (χ2n) is 5.12. The lowest BCUT2D eigenvalue weighted by Gasteiger charge is -2.10. The Bertz CT molecular complexity index is 857. The SMILES string of the molecule is O/N=C(\C(=Nc1ccc(Cl)cc1)c1ccccc1)c1ccccc1. The van der Waals surface area contributed by atoms with Crippen molar-refractivity contribution in [3.05, 3.63) is 101 Å². The van der Waals surface area contributed by atoms with Crippen molar-refractivity contribution in [2.24, 2.45) is 10.1 Å². The first-order valence-corrected chi connectivity index (χ1v) is 7.83. The molecular formula is C20H15ClN2O. The van der Waals surface area contributed by atoms with Gasteiger partial charge in [0.15, 0.2) is 0 Å². The first-order valence-electron chi connectivity index (χ1n) is 7.45. The fraction of sp³-hybridized carbons (Fsp3) is 0. The highest BCUT2D eigenvalue weighted by Crippen LogP contribution is 2.19. The van der Waals surface area contributed by atoms with Crippen molar-refractivity contribution < 1.29 is 5.21 Å². The van der Waals surface area contributed by atoms with Crippen molar-refractivity contribution in [1.29, 1.82) is 0 Å². The summed E-state index contributed by atoms with van der Waals surface area (Å²) in [5.74, 6) is 0. The van der Waals surface area contributed by atoms with E-state index >= 15 is 0 Å². The fourth-order valence-corrected chi connectivity index (χ4v) is 2.46. The smallest absolute Gasteiger partial charge is 0.136 e. The van der Waals surface area contributed by atoms with Crippen LogP contribution in [0.5, 0.6) is 0 Å². The highest BCUT2D eigenvalue weighted by Gasteiger charge is 2.15. The van der Waals surface area contributed by atoms with Crippen LogP contribution in [0.1, 0.15) is 11.1 Å². The molecule has 0 saturated carbocycles. The Morgan fingerprint density at radius 1 is 0.667 bits per heavy atom. The maximum absolute atomic E-state index is 9.62. The van der Waals surface area contributed by atoms with Crippen molar-refractivity contribution >= 4 is 28.7 Å². The molecule has 0 fully saturated rings. The van der Waals surface area contributed by atoms with Crippen LogP contribution in [0.2, 0.25) is 5.02 Å². The van der Waals surface area contributed by atoms with E-state index < -0.39 is 0 Å². The lowest BCUT2D eigenvalue weighted by atomic mass is 9.99. The Morgan fingerprint density at radius 3 is 1.67 bits per heavy atom. The number of rotatable bonds is 4. The third-order valence-corrected chi connectivity index (χ3v) is 3.74. The van der Waals surface area contributed by atoms with E-state index in [4.69, 9.17) is 11.6 Å². The van der Waals surface area contributed by atoms with E-state index in [9.17, 15) is 5.21 Å². The third kappa shape index (κ3) is 3.70. The summed E-state index contributed by atoms with van der Waals surface area (Å²) < 4.78 is 0. The van der Waals surface area contributed by atoms with Crippen LogP contribution in [0, 0.1) is 0 Å². The van der Waals surface area contributed by atoms with Crippen molar-refractivity contribution in [2.75, 3.05) is 0 Å². The lowest BCUT2D eigenvalue weighted by molar-refractivity contribution is 0.320. The number of oxime groups is 1. The second-order valence-corrected chi connectivity index (χ2v) is 5.55. The zero-order valence-corrected chi connectivity index (χ0v) is 13.6. The quantitative estimate of drug-likeness (QED) is 0.390. The number of halogens is 1. The van der Waals surface area contributed by atoms with Crippen LogP contribution in [0.3, 0.4) is 0 Å². The van der Waals surface area contributed by atoms with Crippen molar-refractivity contribution in [1.82, 2.24) is 0 Å². The average molecular weight is 335 g/mol. The molecule has 0 saturated heterocycles. The van der Waals surface area contributed by atoms with Crippen molar-refractivity contribution in [3.63, 3.8) is 0 Å². The molecule has 0 unspecified atom stereocenters. The molecule has 0 spiro atoms. The summed E-state index contributed by atoms with van der Waals surface area (Å²) in [4.78, 5) is 4.68. The highest BCUT2D eigenvalue weighted by atomic mass is 35.5. The van der Waals surface area contributed by atoms with Gasteiger partial charge in [0.05, 0.1) is 5.69 Å². The van der Waals surface area contributed by atoms with Crippen LogP contribution in [-0.2, 0) is 0 Å². The van der Waals surface area contributed by atoms with Gasteiger partial charge < -0.3 is 5.21 Å². The molecule has 0 amide bonds. The minimum absolute atomic E-state index is 0.414. The summed E-state index contributed by atoms with van der Waals surface area (Å²) in [6.07, 6.45) is 0. The van der Waals surface area contributed by atoms with E-state index in [0.717, 1.165) is 16.8 Å². The molecule has 118 valence electrons. The number of nitrogens with zero attached hydrogens (tertiary/aromatic N) is 2. The molecule has 3 rings (SSSR count). The van der Waals surface area contributed by atoms with Crippen LogP contribution >= 0.6 is 11.6 Å². The topological polar surface area (TPSA) is 45.0 Å². The van der Waals surface area contributed by atoms with Crippen molar-refractivity contribution in [2.45, 2.75) is 0 Å². The van der Waals surface area contributed by atoms with Gasteiger partial charge in [0.1, 0.15) is 11.4 Å². The van der Waals surface area contributed by atoms with Crippen LogP contribution in [0.4, 0.5) is 5.69 Å². The Hall–Kier alpha value is -2.91. The predicted octanol–water partition coefficient (Wildman–Crippen LogP) is 5.34. The second kappa shape index (κ2) is 7.57. The van der Waals surface area contributed by atoms with Gasteiger partial charge in [-0.2, -0.15) is 0 Å². The molecule has 0 aliphatic carbocycles. The Morgan fingerprint density at radius 2 is 1.17 bits per heavy atom. The monoisotopic (exact) mass is 334 g/mol. The predicted molar refractivity (Wildman–Crippen MR) is 98.9 cm³/mol. The molecule has 3 nitrogen and oxygen atoms in total. The average Bonchev–Trinajstić information content (AvgIpc) is 2.65. The van der Waals surface area contributed by atoms with Crippen LogP contribution in [0.25, 0.3) is 0 Å². The van der Waals surface area contributed by atoms with Gasteiger partial charge in [0.25, 0.3) is 0 Å². The van der Waals surface area contributed by atoms with E-state index in [1.54, 1.807) is 12.1 Å². The van der Waals surface area contributed by atoms with Crippen LogP contribution in [-0.4, -0.2) is 16.6 Å². The normalized spacial score (nSPS) is 12.2. The molecule has 3 aromatic carbocycles. The van der Waals surface area contributed by atoms with Gasteiger partial charge >= 0.3 is 0 Å². The Kier molecular flexibility index (Phi) is 5.04. The standard InChI is InChI=1S/C20H15ClN2O/c21-17-11-13-18(14-12-17)22-19(15-7-3-1-4-8-15)20(23-24)16-9-5-2-6-10-16/h1-14,24H/b22-19?,23-20-. The third-order valence-electron chi connectivity index (χ3n) is 3.49. The minimum Gasteiger partial charge on any atom is -0.410 e. The summed E-state index contributed by atoms with van der Waals surface area (Å²) in [7, 11) is 0. The van der Waals surface area contributed by atoms with E-state index in [0.29, 0.717) is 16.4 Å². The first-order chi connectivity index (χ1) is 11.8. The van der Waals surface area contributed by atoms with Gasteiger partial charge in [-0.1, -0.05) is 77.4 Å².